The minimum absolute atomic E-state index is 0.124. The van der Waals surface area contributed by atoms with E-state index in [9.17, 15) is 9.59 Å². The summed E-state index contributed by atoms with van der Waals surface area (Å²) in [6, 6.07) is 15.8. The number of likely N-dealkylation sites (tertiary alicyclic amines) is 1. The van der Waals surface area contributed by atoms with Gasteiger partial charge in [0.25, 0.3) is 0 Å². The Balaban J connectivity index is 1.28. The summed E-state index contributed by atoms with van der Waals surface area (Å²) in [4.78, 5) is 30.9. The van der Waals surface area contributed by atoms with Gasteiger partial charge >= 0.3 is 6.03 Å². The molecule has 1 aliphatic heterocycles. The van der Waals surface area contributed by atoms with Crippen molar-refractivity contribution in [2.24, 2.45) is 5.92 Å². The Morgan fingerprint density at radius 1 is 1.21 bits per heavy atom. The highest BCUT2D eigenvalue weighted by atomic mass is 32.1. The van der Waals surface area contributed by atoms with Gasteiger partial charge in [-0.3, -0.25) is 10.1 Å². The molecule has 1 saturated heterocycles. The number of urea groups is 1. The number of aromatic nitrogens is 1. The van der Waals surface area contributed by atoms with Crippen molar-refractivity contribution >= 4 is 38.6 Å². The van der Waals surface area contributed by atoms with Gasteiger partial charge in [0.15, 0.2) is 5.13 Å². The molecule has 0 aliphatic carbocycles. The van der Waals surface area contributed by atoms with Gasteiger partial charge in [0, 0.05) is 32.0 Å². The Kier molecular flexibility index (Phi) is 5.76. The van der Waals surface area contributed by atoms with Crippen molar-refractivity contribution in [2.75, 3.05) is 18.4 Å². The zero-order valence-electron chi connectivity index (χ0n) is 16.4. The number of carbonyl (C=O) groups excluding carboxylic acids is 2. The summed E-state index contributed by atoms with van der Waals surface area (Å²) in [5, 5.41) is 6.28. The van der Waals surface area contributed by atoms with Crippen molar-refractivity contribution in [3.05, 3.63) is 59.7 Å². The Hall–Kier alpha value is -2.93. The molecule has 4 rings (SSSR count). The van der Waals surface area contributed by atoms with Gasteiger partial charge in [0.05, 0.1) is 10.2 Å². The van der Waals surface area contributed by atoms with Crippen LogP contribution >= 0.6 is 11.3 Å². The second-order valence-corrected chi connectivity index (χ2v) is 8.37. The third-order valence-electron chi connectivity index (χ3n) is 5.14. The van der Waals surface area contributed by atoms with Gasteiger partial charge in [-0.05, 0) is 29.7 Å². The van der Waals surface area contributed by atoms with E-state index in [1.807, 2.05) is 41.3 Å². The van der Waals surface area contributed by atoms with Crippen LogP contribution in [0.2, 0.25) is 0 Å². The lowest BCUT2D eigenvalue weighted by molar-refractivity contribution is -0.128. The molecule has 29 heavy (non-hydrogen) atoms. The normalized spacial score (nSPS) is 16.4. The Morgan fingerprint density at radius 3 is 2.83 bits per heavy atom. The summed E-state index contributed by atoms with van der Waals surface area (Å²) in [7, 11) is 0. The second-order valence-electron chi connectivity index (χ2n) is 7.34. The van der Waals surface area contributed by atoms with Crippen LogP contribution in [0.15, 0.2) is 48.5 Å². The molecule has 2 aromatic carbocycles. The van der Waals surface area contributed by atoms with Gasteiger partial charge in [-0.15, -0.1) is 0 Å². The quantitative estimate of drug-likeness (QED) is 0.647. The van der Waals surface area contributed by atoms with Crippen molar-refractivity contribution < 1.29 is 9.59 Å². The molecule has 2 heterocycles. The van der Waals surface area contributed by atoms with E-state index in [0.717, 1.165) is 22.2 Å². The molecule has 1 atom stereocenters. The van der Waals surface area contributed by atoms with Crippen LogP contribution < -0.4 is 10.6 Å². The first-order valence-electron chi connectivity index (χ1n) is 9.86. The summed E-state index contributed by atoms with van der Waals surface area (Å²) in [6.07, 6.45) is 1.44. The monoisotopic (exact) mass is 408 g/mol. The fourth-order valence-corrected chi connectivity index (χ4v) is 4.49. The number of nitrogens with zero attached hydrogens (tertiary/aromatic N) is 2. The van der Waals surface area contributed by atoms with Crippen molar-refractivity contribution in [1.29, 1.82) is 0 Å². The number of nitrogens with one attached hydrogen (secondary N) is 2. The molecule has 1 aliphatic rings. The largest absolute Gasteiger partial charge is 0.338 e. The maximum Gasteiger partial charge on any atom is 0.321 e. The average molecular weight is 409 g/mol. The number of benzene rings is 2. The molecule has 0 unspecified atom stereocenters. The first-order chi connectivity index (χ1) is 14.1. The number of anilines is 1. The van der Waals surface area contributed by atoms with E-state index >= 15 is 0 Å². The van der Waals surface area contributed by atoms with Crippen molar-refractivity contribution in [2.45, 2.75) is 26.3 Å². The molecular weight excluding hydrogens is 384 g/mol. The van der Waals surface area contributed by atoms with Crippen LogP contribution in [0.1, 0.15) is 24.5 Å². The highest BCUT2D eigenvalue weighted by Crippen LogP contribution is 2.27. The first-order valence-corrected chi connectivity index (χ1v) is 10.7. The first kappa shape index (κ1) is 19.4. The van der Waals surface area contributed by atoms with E-state index in [-0.39, 0.29) is 17.9 Å². The zero-order valence-corrected chi connectivity index (χ0v) is 17.2. The topological polar surface area (TPSA) is 74.3 Å². The van der Waals surface area contributed by atoms with E-state index in [2.05, 4.69) is 34.7 Å². The van der Waals surface area contributed by atoms with Crippen LogP contribution in [-0.2, 0) is 17.8 Å². The Bertz CT molecular complexity index is 1020. The number of hydrogen-bond acceptors (Lipinski definition) is 4. The fraction of sp³-hybridized carbons (Fsp3) is 0.318. The number of thiazole rings is 1. The van der Waals surface area contributed by atoms with Crippen LogP contribution in [0.3, 0.4) is 0 Å². The molecule has 0 saturated carbocycles. The van der Waals surface area contributed by atoms with E-state index in [1.54, 1.807) is 0 Å². The van der Waals surface area contributed by atoms with Crippen LogP contribution in [-0.4, -0.2) is 34.9 Å². The van der Waals surface area contributed by atoms with Gasteiger partial charge in [-0.1, -0.05) is 54.7 Å². The SMILES string of the molecule is CCc1ccc2nc(NC(=O)NC[C@H]3CC(=O)N(Cc4ccccc4)C3)sc2c1. The maximum atomic E-state index is 12.3. The van der Waals surface area contributed by atoms with Crippen LogP contribution in [0.4, 0.5) is 9.93 Å². The Morgan fingerprint density at radius 2 is 2.03 bits per heavy atom. The molecule has 3 aromatic rings. The summed E-state index contributed by atoms with van der Waals surface area (Å²) in [5.74, 6) is 0.262. The molecule has 1 fully saturated rings. The standard InChI is InChI=1S/C22H24N4O2S/c1-2-15-8-9-18-19(10-15)29-22(24-18)25-21(28)23-12-17-11-20(27)26(14-17)13-16-6-4-3-5-7-16/h3-10,17H,2,11-14H2,1H3,(H2,23,24,25,28)/t17-/m1/s1. The summed E-state index contributed by atoms with van der Waals surface area (Å²) < 4.78 is 1.07. The minimum Gasteiger partial charge on any atom is -0.338 e. The Labute approximate surface area is 173 Å². The van der Waals surface area contributed by atoms with Gasteiger partial charge < -0.3 is 10.2 Å². The highest BCUT2D eigenvalue weighted by Gasteiger charge is 2.29. The lowest BCUT2D eigenvalue weighted by Crippen LogP contribution is -2.34. The summed E-state index contributed by atoms with van der Waals surface area (Å²) >= 11 is 1.47. The number of rotatable bonds is 6. The predicted molar refractivity (Wildman–Crippen MR) is 116 cm³/mol. The van der Waals surface area contributed by atoms with E-state index in [1.165, 1.54) is 16.9 Å². The van der Waals surface area contributed by atoms with Gasteiger partial charge in [0.2, 0.25) is 5.91 Å². The average Bonchev–Trinajstić information content (AvgIpc) is 3.29. The van der Waals surface area contributed by atoms with E-state index in [4.69, 9.17) is 0 Å². The molecule has 7 heteroatoms. The molecule has 3 amide bonds. The molecule has 0 spiro atoms. The van der Waals surface area contributed by atoms with Crippen molar-refractivity contribution in [1.82, 2.24) is 15.2 Å². The third kappa shape index (κ3) is 4.74. The molecule has 1 aromatic heterocycles. The van der Waals surface area contributed by atoms with Gasteiger partial charge in [-0.25, -0.2) is 9.78 Å². The molecule has 6 nitrogen and oxygen atoms in total. The zero-order chi connectivity index (χ0) is 20.2. The second kappa shape index (κ2) is 8.61. The number of carbonyl (C=O) groups is 2. The number of aryl methyl sites for hydroxylation is 1. The molecule has 150 valence electrons. The summed E-state index contributed by atoms with van der Waals surface area (Å²) in [5.41, 5.74) is 3.26. The van der Waals surface area contributed by atoms with Crippen LogP contribution in [0, 0.1) is 5.92 Å². The van der Waals surface area contributed by atoms with Gasteiger partial charge in [0.1, 0.15) is 0 Å². The molecular formula is C22H24N4O2S. The fourth-order valence-electron chi connectivity index (χ4n) is 3.57. The number of fused-ring (bicyclic) bond motifs is 1. The van der Waals surface area contributed by atoms with Crippen molar-refractivity contribution in [3.8, 4) is 0 Å². The lowest BCUT2D eigenvalue weighted by Gasteiger charge is -2.17. The smallest absolute Gasteiger partial charge is 0.321 e. The van der Waals surface area contributed by atoms with Crippen LogP contribution in [0.25, 0.3) is 10.2 Å². The molecule has 0 radical (unpaired) electrons. The van der Waals surface area contributed by atoms with Crippen molar-refractivity contribution in [3.63, 3.8) is 0 Å². The summed E-state index contributed by atoms with van der Waals surface area (Å²) in [6.45, 7) is 3.86. The maximum absolute atomic E-state index is 12.3. The number of hydrogen-bond donors (Lipinski definition) is 2. The molecule has 0 bridgehead atoms. The van der Waals surface area contributed by atoms with Crippen LogP contribution in [0.5, 0.6) is 0 Å². The molecule has 2 N–H and O–H groups in total. The minimum atomic E-state index is -0.284. The van der Waals surface area contributed by atoms with E-state index < -0.39 is 0 Å². The third-order valence-corrected chi connectivity index (χ3v) is 6.08. The lowest BCUT2D eigenvalue weighted by atomic mass is 10.1. The number of amides is 3. The van der Waals surface area contributed by atoms with Gasteiger partial charge in [-0.2, -0.15) is 0 Å². The highest BCUT2D eigenvalue weighted by molar-refractivity contribution is 7.22. The predicted octanol–water partition coefficient (Wildman–Crippen LogP) is 4.03. The van der Waals surface area contributed by atoms with E-state index in [0.29, 0.717) is 31.2 Å².